The number of benzene rings is 1. The van der Waals surface area contributed by atoms with E-state index < -0.39 is 10.0 Å². The molecule has 12 heteroatoms. The van der Waals surface area contributed by atoms with Crippen LogP contribution in [0, 0.1) is 0 Å². The lowest BCUT2D eigenvalue weighted by molar-refractivity contribution is -0.132. The Morgan fingerprint density at radius 1 is 1.18 bits per heavy atom. The minimum absolute atomic E-state index is 0.0424. The molecule has 0 aliphatic carbocycles. The second-order valence-corrected chi connectivity index (χ2v) is 10.1. The van der Waals surface area contributed by atoms with E-state index in [4.69, 9.17) is 9.26 Å². The molecule has 1 saturated heterocycles. The average molecular weight is 492 g/mol. The third kappa shape index (κ3) is 5.96. The van der Waals surface area contributed by atoms with Crippen LogP contribution < -0.4 is 9.46 Å². The van der Waals surface area contributed by atoms with Crippen molar-refractivity contribution in [1.29, 1.82) is 0 Å². The van der Waals surface area contributed by atoms with Crippen molar-refractivity contribution in [2.24, 2.45) is 0 Å². The average Bonchev–Trinajstić information content (AvgIpc) is 3.52. The Hall–Kier alpha value is -2.80. The zero-order valence-corrected chi connectivity index (χ0v) is 19.8. The van der Waals surface area contributed by atoms with Crippen molar-refractivity contribution >= 4 is 27.3 Å². The number of nitrogens with one attached hydrogen (secondary N) is 1. The van der Waals surface area contributed by atoms with Gasteiger partial charge in [-0.3, -0.25) is 9.69 Å². The van der Waals surface area contributed by atoms with Crippen LogP contribution in [0.25, 0.3) is 11.4 Å². The van der Waals surface area contributed by atoms with E-state index in [2.05, 4.69) is 19.8 Å². The van der Waals surface area contributed by atoms with E-state index in [1.807, 2.05) is 16.8 Å². The van der Waals surface area contributed by atoms with E-state index >= 15 is 0 Å². The lowest BCUT2D eigenvalue weighted by Crippen LogP contribution is -2.48. The third-order valence-corrected chi connectivity index (χ3v) is 7.49. The van der Waals surface area contributed by atoms with Crippen molar-refractivity contribution in [3.05, 3.63) is 47.0 Å². The summed E-state index contributed by atoms with van der Waals surface area (Å²) in [5.74, 6) is 1.62. The fourth-order valence-electron chi connectivity index (χ4n) is 3.46. The number of rotatable bonds is 9. The number of sulfonamides is 1. The van der Waals surface area contributed by atoms with Crippen molar-refractivity contribution in [1.82, 2.24) is 24.7 Å². The van der Waals surface area contributed by atoms with E-state index in [9.17, 15) is 13.2 Å². The summed E-state index contributed by atoms with van der Waals surface area (Å²) in [6.45, 7) is 3.06. The molecule has 0 bridgehead atoms. The highest BCUT2D eigenvalue weighted by atomic mass is 32.2. The molecule has 176 valence electrons. The molecule has 4 rings (SSSR count). The first-order valence-corrected chi connectivity index (χ1v) is 12.9. The molecule has 1 aliphatic heterocycles. The largest absolute Gasteiger partial charge is 0.497 e. The summed E-state index contributed by atoms with van der Waals surface area (Å²) in [6, 6.07) is 8.04. The molecule has 0 atom stereocenters. The predicted molar refractivity (Wildman–Crippen MR) is 122 cm³/mol. The molecule has 0 radical (unpaired) electrons. The molecule has 1 aromatic carbocycles. The molecule has 0 saturated carbocycles. The maximum Gasteiger partial charge on any atom is 0.241 e. The number of amides is 1. The fraction of sp³-hybridized carbons (Fsp3) is 0.381. The molecule has 1 fully saturated rings. The molecule has 10 nitrogen and oxygen atoms in total. The van der Waals surface area contributed by atoms with E-state index in [0.717, 1.165) is 5.56 Å². The number of hydrogen-bond acceptors (Lipinski definition) is 9. The number of hydrogen-bond donors (Lipinski definition) is 1. The van der Waals surface area contributed by atoms with Crippen LogP contribution in [0.2, 0.25) is 0 Å². The summed E-state index contributed by atoms with van der Waals surface area (Å²) >= 11 is 1.58. The highest BCUT2D eigenvalue weighted by Crippen LogP contribution is 2.19. The monoisotopic (exact) mass is 491 g/mol. The van der Waals surface area contributed by atoms with Crippen LogP contribution in [0.1, 0.15) is 12.3 Å². The summed E-state index contributed by atoms with van der Waals surface area (Å²) in [5.41, 5.74) is 0.938. The van der Waals surface area contributed by atoms with Gasteiger partial charge in [0.05, 0.1) is 18.6 Å². The molecule has 1 aliphatic rings. The smallest absolute Gasteiger partial charge is 0.241 e. The van der Waals surface area contributed by atoms with Crippen molar-refractivity contribution < 1.29 is 22.5 Å². The highest BCUT2D eigenvalue weighted by Gasteiger charge is 2.23. The Labute approximate surface area is 196 Å². The third-order valence-electron chi connectivity index (χ3n) is 5.33. The molecular weight excluding hydrogens is 466 g/mol. The van der Waals surface area contributed by atoms with Gasteiger partial charge in [0, 0.05) is 50.1 Å². The second kappa shape index (κ2) is 10.4. The fourth-order valence-corrected chi connectivity index (χ4v) is 5.13. The van der Waals surface area contributed by atoms with Crippen LogP contribution in [-0.4, -0.2) is 74.1 Å². The summed E-state index contributed by atoms with van der Waals surface area (Å²) in [5, 5.41) is 7.95. The SMILES string of the molecule is COc1ccc(S(=O)(=O)NCCC(=O)N2CCN(Cc3nc(-c4ccsc4)no3)CC2)cc1. The summed E-state index contributed by atoms with van der Waals surface area (Å²) in [4.78, 5) is 21.0. The quantitative estimate of drug-likeness (QED) is 0.482. The number of nitrogens with zero attached hydrogens (tertiary/aromatic N) is 4. The standard InChI is InChI=1S/C21H25N5O5S2/c1-30-17-2-4-18(5-3-17)33(28,29)22-8-6-20(27)26-11-9-25(10-12-26)14-19-23-21(24-31-19)16-7-13-32-15-16/h2-5,7,13,15,22H,6,8-12,14H2,1H3. The van der Waals surface area contributed by atoms with Gasteiger partial charge in [-0.1, -0.05) is 5.16 Å². The molecule has 1 amide bonds. The first kappa shape index (κ1) is 23.4. The number of methoxy groups -OCH3 is 1. The van der Waals surface area contributed by atoms with Crippen LogP contribution >= 0.6 is 11.3 Å². The summed E-state index contributed by atoms with van der Waals surface area (Å²) in [7, 11) is -2.16. The Morgan fingerprint density at radius 2 is 1.94 bits per heavy atom. The van der Waals surface area contributed by atoms with Crippen molar-refractivity contribution in [2.75, 3.05) is 39.8 Å². The van der Waals surface area contributed by atoms with Gasteiger partial charge in [0.1, 0.15) is 5.75 Å². The van der Waals surface area contributed by atoms with E-state index in [-0.39, 0.29) is 23.8 Å². The molecule has 2 aromatic heterocycles. The van der Waals surface area contributed by atoms with Crippen LogP contribution in [0.5, 0.6) is 5.75 Å². The Kier molecular flexibility index (Phi) is 7.38. The summed E-state index contributed by atoms with van der Waals surface area (Å²) in [6.07, 6.45) is 0.100. The second-order valence-electron chi connectivity index (χ2n) is 7.50. The van der Waals surface area contributed by atoms with Crippen molar-refractivity contribution in [3.8, 4) is 17.1 Å². The van der Waals surface area contributed by atoms with Crippen LogP contribution in [0.3, 0.4) is 0 Å². The molecule has 3 aromatic rings. The van der Waals surface area contributed by atoms with Gasteiger partial charge in [-0.25, -0.2) is 13.1 Å². The van der Waals surface area contributed by atoms with Crippen LogP contribution in [0.4, 0.5) is 0 Å². The highest BCUT2D eigenvalue weighted by molar-refractivity contribution is 7.89. The van der Waals surface area contributed by atoms with Crippen LogP contribution in [-0.2, 0) is 21.4 Å². The predicted octanol–water partition coefficient (Wildman–Crippen LogP) is 1.82. The Morgan fingerprint density at radius 3 is 2.61 bits per heavy atom. The van der Waals surface area contributed by atoms with Gasteiger partial charge in [-0.2, -0.15) is 16.3 Å². The summed E-state index contributed by atoms with van der Waals surface area (Å²) < 4.78 is 37.6. The van der Waals surface area contributed by atoms with Gasteiger partial charge in [0.2, 0.25) is 27.6 Å². The van der Waals surface area contributed by atoms with Crippen LogP contribution in [0.15, 0.2) is 50.5 Å². The van der Waals surface area contributed by atoms with Gasteiger partial charge in [0.15, 0.2) is 0 Å². The number of piperazine rings is 1. The van der Waals surface area contributed by atoms with Gasteiger partial charge >= 0.3 is 0 Å². The molecule has 0 spiro atoms. The van der Waals surface area contributed by atoms with E-state index in [0.29, 0.717) is 50.2 Å². The first-order valence-electron chi connectivity index (χ1n) is 10.4. The van der Waals surface area contributed by atoms with Gasteiger partial charge in [-0.15, -0.1) is 0 Å². The lowest BCUT2D eigenvalue weighted by Gasteiger charge is -2.34. The number of thiophene rings is 1. The topological polar surface area (TPSA) is 118 Å². The van der Waals surface area contributed by atoms with E-state index in [1.165, 1.54) is 19.2 Å². The molecule has 0 unspecified atom stereocenters. The minimum atomic E-state index is -3.68. The van der Waals surface area contributed by atoms with E-state index in [1.54, 1.807) is 28.4 Å². The number of aromatic nitrogens is 2. The van der Waals surface area contributed by atoms with Crippen molar-refractivity contribution in [2.45, 2.75) is 17.9 Å². The number of carbonyl (C=O) groups excluding carboxylic acids is 1. The normalized spacial score (nSPS) is 15.0. The lowest BCUT2D eigenvalue weighted by atomic mass is 10.2. The van der Waals surface area contributed by atoms with Gasteiger partial charge in [0.25, 0.3) is 0 Å². The minimum Gasteiger partial charge on any atom is -0.497 e. The zero-order chi connectivity index (χ0) is 23.3. The van der Waals surface area contributed by atoms with Gasteiger partial charge < -0.3 is 14.2 Å². The maximum atomic E-state index is 12.5. The molecular formula is C21H25N5O5S2. The first-order chi connectivity index (χ1) is 15.9. The maximum absolute atomic E-state index is 12.5. The molecule has 33 heavy (non-hydrogen) atoms. The van der Waals surface area contributed by atoms with Gasteiger partial charge in [-0.05, 0) is 35.7 Å². The number of carbonyl (C=O) groups is 1. The Balaban J connectivity index is 1.20. The zero-order valence-electron chi connectivity index (χ0n) is 18.1. The Bertz CT molecular complexity index is 1150. The molecule has 1 N–H and O–H groups in total. The molecule has 3 heterocycles. The van der Waals surface area contributed by atoms with Crippen molar-refractivity contribution in [3.63, 3.8) is 0 Å². The number of ether oxygens (including phenoxy) is 1.